The number of anilines is 3. The van der Waals surface area contributed by atoms with Crippen molar-refractivity contribution in [3.63, 3.8) is 0 Å². The first-order valence-corrected chi connectivity index (χ1v) is 19.7. The van der Waals surface area contributed by atoms with Crippen molar-refractivity contribution in [2.24, 2.45) is 0 Å². The Morgan fingerprint density at radius 1 is 0.534 bits per heavy atom. The highest BCUT2D eigenvalue weighted by molar-refractivity contribution is 6.10. The standard InChI is InChI=1S/C54H37NO3/c1-2-3-11-38-34-56-52-42(14-8-17-45(38)52)35-22-28-39(29-23-35)55(40-30-24-36(25-31-40)43-15-9-18-48-46-12-4-6-20-50(46)57-53(43)48)41-32-26-37(27-33-41)44-16-10-19-49-47-13-5-7-21-51(47)58-54(44)49/h2-34,42,52H,1H2/b11-3-. The van der Waals surface area contributed by atoms with Gasteiger partial charge in [0.05, 0.1) is 6.26 Å². The highest BCUT2D eigenvalue weighted by atomic mass is 16.5. The Morgan fingerprint density at radius 3 is 1.60 bits per heavy atom. The van der Waals surface area contributed by atoms with Gasteiger partial charge in [0.1, 0.15) is 28.4 Å². The van der Waals surface area contributed by atoms with Gasteiger partial charge in [0.15, 0.2) is 0 Å². The summed E-state index contributed by atoms with van der Waals surface area (Å²) in [4.78, 5) is 2.31. The van der Waals surface area contributed by atoms with Crippen molar-refractivity contribution in [3.05, 3.63) is 224 Å². The van der Waals surface area contributed by atoms with Crippen molar-refractivity contribution in [1.29, 1.82) is 0 Å². The van der Waals surface area contributed by atoms with E-state index in [1.54, 1.807) is 6.08 Å². The molecule has 4 nitrogen and oxygen atoms in total. The van der Waals surface area contributed by atoms with Crippen LogP contribution in [-0.4, -0.2) is 6.10 Å². The van der Waals surface area contributed by atoms with Gasteiger partial charge < -0.3 is 18.5 Å². The number of furan rings is 2. The van der Waals surface area contributed by atoms with E-state index in [0.29, 0.717) is 0 Å². The van der Waals surface area contributed by atoms with Crippen LogP contribution in [0, 0.1) is 0 Å². The second-order valence-corrected chi connectivity index (χ2v) is 14.8. The van der Waals surface area contributed by atoms with E-state index in [9.17, 15) is 0 Å². The van der Waals surface area contributed by atoms with Crippen LogP contribution in [0.25, 0.3) is 66.1 Å². The molecule has 0 radical (unpaired) electrons. The highest BCUT2D eigenvalue weighted by Crippen LogP contribution is 2.43. The number of fused-ring (bicyclic) bond motifs is 7. The molecule has 0 spiro atoms. The SMILES string of the molecule is C=C/C=C\C1=COC2C1=CC=CC2c1ccc(N(c2ccc(-c3cccc4c3oc3ccccc34)cc2)c2ccc(-c3cccc4c3oc3ccccc34)cc2)cc1. The number of ether oxygens (including phenoxy) is 1. The monoisotopic (exact) mass is 747 g/mol. The Bertz CT molecular complexity index is 3000. The number of rotatable bonds is 8. The van der Waals surface area contributed by atoms with Crippen molar-refractivity contribution in [2.45, 2.75) is 12.0 Å². The quantitative estimate of drug-likeness (QED) is 0.145. The molecule has 1 aliphatic carbocycles. The molecule has 276 valence electrons. The van der Waals surface area contributed by atoms with Gasteiger partial charge in [-0.05, 0) is 65.2 Å². The van der Waals surface area contributed by atoms with Gasteiger partial charge in [-0.1, -0.05) is 152 Å². The number of para-hydroxylation sites is 4. The van der Waals surface area contributed by atoms with Crippen LogP contribution in [0.1, 0.15) is 11.5 Å². The highest BCUT2D eigenvalue weighted by Gasteiger charge is 2.33. The predicted molar refractivity (Wildman–Crippen MR) is 239 cm³/mol. The van der Waals surface area contributed by atoms with Crippen LogP contribution in [0.4, 0.5) is 17.1 Å². The maximum Gasteiger partial charge on any atom is 0.143 e. The van der Waals surface area contributed by atoms with Gasteiger partial charge in [0.2, 0.25) is 0 Å². The Balaban J connectivity index is 0.967. The molecule has 1 aliphatic heterocycles. The van der Waals surface area contributed by atoms with Crippen LogP contribution in [0.2, 0.25) is 0 Å². The van der Waals surface area contributed by atoms with E-state index in [1.165, 1.54) is 11.1 Å². The van der Waals surface area contributed by atoms with Crippen LogP contribution in [0.5, 0.6) is 0 Å². The lowest BCUT2D eigenvalue weighted by Crippen LogP contribution is -2.20. The summed E-state index contributed by atoms with van der Waals surface area (Å²) in [6, 6.07) is 55.7. The maximum absolute atomic E-state index is 6.41. The smallest absolute Gasteiger partial charge is 0.143 e. The number of nitrogens with zero attached hydrogens (tertiary/aromatic N) is 1. The number of hydrogen-bond acceptors (Lipinski definition) is 4. The molecule has 0 amide bonds. The zero-order valence-electron chi connectivity index (χ0n) is 31.6. The number of benzene rings is 7. The first-order chi connectivity index (χ1) is 28.7. The van der Waals surface area contributed by atoms with Crippen LogP contribution >= 0.6 is 0 Å². The average molecular weight is 748 g/mol. The van der Waals surface area contributed by atoms with E-state index >= 15 is 0 Å². The molecule has 2 atom stereocenters. The van der Waals surface area contributed by atoms with E-state index in [-0.39, 0.29) is 12.0 Å². The predicted octanol–water partition coefficient (Wildman–Crippen LogP) is 14.9. The summed E-state index contributed by atoms with van der Waals surface area (Å²) in [6.07, 6.45) is 14.1. The Morgan fingerprint density at radius 2 is 1.05 bits per heavy atom. The lowest BCUT2D eigenvalue weighted by Gasteiger charge is -2.28. The third kappa shape index (κ3) is 5.61. The van der Waals surface area contributed by atoms with Gasteiger partial charge in [0.25, 0.3) is 0 Å². The fraction of sp³-hybridized carbons (Fsp3) is 0.0370. The second kappa shape index (κ2) is 13.9. The summed E-state index contributed by atoms with van der Waals surface area (Å²) in [7, 11) is 0. The molecule has 0 saturated heterocycles. The molecule has 2 aromatic heterocycles. The Hall–Kier alpha value is -7.56. The molecule has 2 aliphatic rings. The molecule has 58 heavy (non-hydrogen) atoms. The van der Waals surface area contributed by atoms with Crippen LogP contribution in [0.15, 0.2) is 227 Å². The second-order valence-electron chi connectivity index (χ2n) is 14.8. The van der Waals surface area contributed by atoms with Crippen molar-refractivity contribution in [2.75, 3.05) is 4.90 Å². The first-order valence-electron chi connectivity index (χ1n) is 19.7. The van der Waals surface area contributed by atoms with E-state index < -0.39 is 0 Å². The van der Waals surface area contributed by atoms with Gasteiger partial charge in [-0.2, -0.15) is 0 Å². The molecular weight excluding hydrogens is 711 g/mol. The van der Waals surface area contributed by atoms with Gasteiger partial charge in [-0.3, -0.25) is 0 Å². The third-order valence-corrected chi connectivity index (χ3v) is 11.5. The molecule has 0 fully saturated rings. The minimum Gasteiger partial charge on any atom is -0.492 e. The summed E-state index contributed by atoms with van der Waals surface area (Å²) in [5.41, 5.74) is 14.5. The summed E-state index contributed by atoms with van der Waals surface area (Å²) >= 11 is 0. The molecule has 2 unspecified atom stereocenters. The first kappa shape index (κ1) is 33.8. The molecule has 0 bridgehead atoms. The van der Waals surface area contributed by atoms with Crippen LogP contribution < -0.4 is 4.90 Å². The Kier molecular flexibility index (Phi) is 8.07. The summed E-state index contributed by atoms with van der Waals surface area (Å²) in [5, 5.41) is 4.50. The van der Waals surface area contributed by atoms with Gasteiger partial charge in [0, 0.05) is 66.8 Å². The molecule has 3 heterocycles. The average Bonchev–Trinajstić information content (AvgIpc) is 4.00. The van der Waals surface area contributed by atoms with E-state index in [1.807, 2.05) is 36.6 Å². The van der Waals surface area contributed by atoms with Crippen LogP contribution in [0.3, 0.4) is 0 Å². The van der Waals surface area contributed by atoms with Crippen molar-refractivity contribution in [1.82, 2.24) is 0 Å². The normalized spacial score (nSPS) is 16.2. The molecule has 0 N–H and O–H groups in total. The number of hydrogen-bond donors (Lipinski definition) is 0. The minimum atomic E-state index is -0.0658. The number of allylic oxidation sites excluding steroid dienone is 5. The van der Waals surface area contributed by atoms with Crippen LogP contribution in [-0.2, 0) is 4.74 Å². The van der Waals surface area contributed by atoms with Gasteiger partial charge >= 0.3 is 0 Å². The summed E-state index contributed by atoms with van der Waals surface area (Å²) in [5.74, 6) is 0.0915. The molecule has 0 saturated carbocycles. The topological polar surface area (TPSA) is 38.8 Å². The Labute approximate surface area is 336 Å². The fourth-order valence-corrected chi connectivity index (χ4v) is 8.72. The summed E-state index contributed by atoms with van der Waals surface area (Å²) < 4.78 is 19.1. The van der Waals surface area contributed by atoms with Crippen molar-refractivity contribution in [3.8, 4) is 22.3 Å². The lowest BCUT2D eigenvalue weighted by atomic mass is 9.84. The largest absolute Gasteiger partial charge is 0.492 e. The maximum atomic E-state index is 6.41. The lowest BCUT2D eigenvalue weighted by molar-refractivity contribution is 0.181. The van der Waals surface area contributed by atoms with Gasteiger partial charge in [-0.25, -0.2) is 0 Å². The van der Waals surface area contributed by atoms with E-state index in [2.05, 4.69) is 169 Å². The van der Waals surface area contributed by atoms with E-state index in [4.69, 9.17) is 13.6 Å². The van der Waals surface area contributed by atoms with Crippen molar-refractivity contribution >= 4 is 60.9 Å². The fourth-order valence-electron chi connectivity index (χ4n) is 8.72. The minimum absolute atomic E-state index is 0.0658. The molecule has 9 aromatic rings. The molecule has 11 rings (SSSR count). The molecular formula is C54H37NO3. The zero-order valence-corrected chi connectivity index (χ0v) is 31.6. The molecule has 4 heteroatoms. The van der Waals surface area contributed by atoms with Gasteiger partial charge in [-0.15, -0.1) is 0 Å². The molecule has 7 aromatic carbocycles. The zero-order chi connectivity index (χ0) is 38.6. The third-order valence-electron chi connectivity index (χ3n) is 11.5. The van der Waals surface area contributed by atoms with E-state index in [0.717, 1.165) is 88.8 Å². The van der Waals surface area contributed by atoms with Crippen molar-refractivity contribution < 1.29 is 13.6 Å². The summed E-state index contributed by atoms with van der Waals surface area (Å²) in [6.45, 7) is 3.83.